The Labute approximate surface area is 163 Å². The first-order chi connectivity index (χ1) is 13.2. The van der Waals surface area contributed by atoms with Gasteiger partial charge in [-0.3, -0.25) is 4.98 Å². The van der Waals surface area contributed by atoms with Crippen molar-refractivity contribution in [3.05, 3.63) is 65.4 Å². The first kappa shape index (κ1) is 19.6. The molecule has 1 unspecified atom stereocenters. The summed E-state index contributed by atoms with van der Waals surface area (Å²) in [4.78, 5) is 17.2. The van der Waals surface area contributed by atoms with Gasteiger partial charge >= 0.3 is 5.97 Å². The molecule has 0 saturated heterocycles. The maximum absolute atomic E-state index is 12.4. The molecular weight excluding hydrogens is 356 g/mol. The highest BCUT2D eigenvalue weighted by atomic mass is 16.6. The number of benzene rings is 2. The minimum absolute atomic E-state index is 0. The molecular formula is C22H24N2O4. The van der Waals surface area contributed by atoms with Crippen LogP contribution >= 0.6 is 0 Å². The van der Waals surface area contributed by atoms with Crippen LogP contribution in [-0.4, -0.2) is 23.5 Å². The topological polar surface area (TPSA) is 106 Å². The van der Waals surface area contributed by atoms with Gasteiger partial charge in [0.1, 0.15) is 5.75 Å². The third-order valence-electron chi connectivity index (χ3n) is 5.06. The van der Waals surface area contributed by atoms with E-state index in [1.54, 1.807) is 0 Å². The average molecular weight is 380 g/mol. The second-order valence-electron chi connectivity index (χ2n) is 6.74. The molecule has 146 valence electrons. The summed E-state index contributed by atoms with van der Waals surface area (Å²) in [5.74, 6) is 0.0906. The number of carbonyl (C=O) groups is 1. The molecule has 0 amide bonds. The Bertz CT molecular complexity index is 989. The van der Waals surface area contributed by atoms with Crippen LogP contribution in [0.4, 0.5) is 5.69 Å². The maximum atomic E-state index is 12.4. The Morgan fingerprint density at radius 3 is 2.57 bits per heavy atom. The van der Waals surface area contributed by atoms with Gasteiger partial charge in [-0.1, -0.05) is 36.4 Å². The zero-order chi connectivity index (χ0) is 18.8. The Hall–Kier alpha value is -3.12. The molecule has 1 atom stereocenters. The summed E-state index contributed by atoms with van der Waals surface area (Å²) < 4.78 is 11.1. The number of hydrogen-bond donors (Lipinski definition) is 1. The van der Waals surface area contributed by atoms with Gasteiger partial charge in [-0.25, -0.2) is 4.79 Å². The second-order valence-corrected chi connectivity index (χ2v) is 6.74. The first-order valence-corrected chi connectivity index (χ1v) is 9.18. The average Bonchev–Trinajstić information content (AvgIpc) is 2.72. The molecule has 1 aliphatic carbocycles. The number of nitrogens with two attached hydrogens (primary N) is 1. The van der Waals surface area contributed by atoms with Gasteiger partial charge in [-0.05, 0) is 43.4 Å². The molecule has 0 radical (unpaired) electrons. The molecule has 4 N–H and O–H groups in total. The molecule has 0 spiro atoms. The van der Waals surface area contributed by atoms with Gasteiger partial charge in [-0.15, -0.1) is 0 Å². The van der Waals surface area contributed by atoms with Crippen molar-refractivity contribution < 1.29 is 19.7 Å². The third-order valence-corrected chi connectivity index (χ3v) is 5.06. The fraction of sp³-hybridized carbons (Fsp3) is 0.273. The molecule has 28 heavy (non-hydrogen) atoms. The zero-order valence-corrected chi connectivity index (χ0v) is 15.8. The van der Waals surface area contributed by atoms with E-state index in [-0.39, 0.29) is 5.48 Å². The minimum Gasteiger partial charge on any atom is -0.473 e. The molecule has 6 heteroatoms. The summed E-state index contributed by atoms with van der Waals surface area (Å²) in [5, 5.41) is 0.767. The number of fused-ring (bicyclic) bond motifs is 2. The largest absolute Gasteiger partial charge is 0.473 e. The molecule has 6 nitrogen and oxygen atoms in total. The van der Waals surface area contributed by atoms with Gasteiger partial charge in [0.05, 0.1) is 18.0 Å². The van der Waals surface area contributed by atoms with E-state index in [1.807, 2.05) is 48.5 Å². The van der Waals surface area contributed by atoms with Gasteiger partial charge < -0.3 is 20.7 Å². The van der Waals surface area contributed by atoms with Crippen LogP contribution in [-0.2, 0) is 22.4 Å². The van der Waals surface area contributed by atoms with Crippen molar-refractivity contribution in [2.45, 2.75) is 31.8 Å². The number of aromatic nitrogens is 1. The smallest absolute Gasteiger partial charge is 0.351 e. The number of nitrogens with zero attached hydrogens (tertiary/aromatic N) is 1. The second kappa shape index (κ2) is 8.27. The number of pyridine rings is 1. The van der Waals surface area contributed by atoms with Crippen molar-refractivity contribution >= 4 is 22.6 Å². The van der Waals surface area contributed by atoms with Crippen LogP contribution in [0, 0.1) is 0 Å². The van der Waals surface area contributed by atoms with Crippen LogP contribution in [0.3, 0.4) is 0 Å². The van der Waals surface area contributed by atoms with Crippen molar-refractivity contribution in [1.29, 1.82) is 0 Å². The van der Waals surface area contributed by atoms with Gasteiger partial charge in [0, 0.05) is 16.9 Å². The summed E-state index contributed by atoms with van der Waals surface area (Å²) in [7, 11) is 1.36. The number of anilines is 1. The van der Waals surface area contributed by atoms with Crippen molar-refractivity contribution in [2.24, 2.45) is 0 Å². The summed E-state index contributed by atoms with van der Waals surface area (Å²) in [5.41, 5.74) is 10.9. The number of hydrogen-bond acceptors (Lipinski definition) is 5. The van der Waals surface area contributed by atoms with Crippen LogP contribution < -0.4 is 10.5 Å². The van der Waals surface area contributed by atoms with E-state index in [1.165, 1.54) is 7.11 Å². The monoisotopic (exact) mass is 380 g/mol. The van der Waals surface area contributed by atoms with Crippen LogP contribution in [0.2, 0.25) is 0 Å². The lowest BCUT2D eigenvalue weighted by molar-refractivity contribution is -0.149. The molecule has 0 saturated carbocycles. The molecule has 2 aromatic carbocycles. The standard InChI is InChI=1S/C22H22N2O3.H2O/c1-26-22(25)21(14-8-3-2-4-9-14)27-18-13-7-12-17-19(18)20(23)15-10-5-6-11-16(15)24-17;/h2-4,7-9,12-13,21H,5-6,10-11H2,1H3,(H2,23,24);1H2. The van der Waals surface area contributed by atoms with Gasteiger partial charge in [0.2, 0.25) is 6.10 Å². The highest BCUT2D eigenvalue weighted by Gasteiger charge is 2.26. The van der Waals surface area contributed by atoms with Crippen molar-refractivity contribution in [1.82, 2.24) is 4.98 Å². The predicted octanol–water partition coefficient (Wildman–Crippen LogP) is 3.16. The number of aryl methyl sites for hydroxylation is 1. The van der Waals surface area contributed by atoms with E-state index in [0.717, 1.165) is 53.4 Å². The number of methoxy groups -OCH3 is 1. The van der Waals surface area contributed by atoms with Gasteiger partial charge in [-0.2, -0.15) is 0 Å². The quantitative estimate of drug-likeness (QED) is 0.700. The Balaban J connectivity index is 0.00000225. The first-order valence-electron chi connectivity index (χ1n) is 9.18. The fourth-order valence-electron chi connectivity index (χ4n) is 3.69. The van der Waals surface area contributed by atoms with Crippen molar-refractivity contribution in [3.8, 4) is 5.75 Å². The lowest BCUT2D eigenvalue weighted by atomic mass is 9.93. The number of rotatable bonds is 4. The van der Waals surface area contributed by atoms with E-state index in [0.29, 0.717) is 11.4 Å². The summed E-state index contributed by atoms with van der Waals surface area (Å²) in [6, 6.07) is 14.9. The highest BCUT2D eigenvalue weighted by Crippen LogP contribution is 2.38. The van der Waals surface area contributed by atoms with E-state index < -0.39 is 12.1 Å². The molecule has 4 rings (SSSR count). The van der Waals surface area contributed by atoms with Crippen LogP contribution in [0.25, 0.3) is 10.9 Å². The molecule has 1 aromatic heterocycles. The molecule has 0 bridgehead atoms. The normalized spacial score (nSPS) is 13.9. The van der Waals surface area contributed by atoms with Gasteiger partial charge in [0.15, 0.2) is 0 Å². The number of carbonyl (C=O) groups excluding carboxylic acids is 1. The molecule has 1 aliphatic rings. The van der Waals surface area contributed by atoms with E-state index in [2.05, 4.69) is 0 Å². The minimum atomic E-state index is -0.864. The fourth-order valence-corrected chi connectivity index (χ4v) is 3.69. The Kier molecular flexibility index (Phi) is 5.80. The van der Waals surface area contributed by atoms with Crippen molar-refractivity contribution in [2.75, 3.05) is 12.8 Å². The van der Waals surface area contributed by atoms with Gasteiger partial charge in [0.25, 0.3) is 0 Å². The van der Waals surface area contributed by atoms with Crippen LogP contribution in [0.5, 0.6) is 5.75 Å². The lowest BCUT2D eigenvalue weighted by Crippen LogP contribution is -2.20. The number of ether oxygens (including phenoxy) is 2. The molecule has 0 aliphatic heterocycles. The third kappa shape index (κ3) is 3.51. The summed E-state index contributed by atoms with van der Waals surface area (Å²) >= 11 is 0. The summed E-state index contributed by atoms with van der Waals surface area (Å²) in [6.45, 7) is 0. The SMILES string of the molecule is COC(=O)C(Oc1cccc2nc3c(c(N)c12)CCCC3)c1ccccc1.O. The number of esters is 1. The van der Waals surface area contributed by atoms with E-state index in [9.17, 15) is 4.79 Å². The van der Waals surface area contributed by atoms with E-state index >= 15 is 0 Å². The molecule has 1 heterocycles. The molecule has 3 aromatic rings. The Morgan fingerprint density at radius 1 is 1.07 bits per heavy atom. The highest BCUT2D eigenvalue weighted by molar-refractivity contribution is 5.97. The summed E-state index contributed by atoms with van der Waals surface area (Å²) in [6.07, 6.45) is 3.27. The lowest BCUT2D eigenvalue weighted by Gasteiger charge is -2.22. The van der Waals surface area contributed by atoms with E-state index in [4.69, 9.17) is 20.2 Å². The van der Waals surface area contributed by atoms with Crippen LogP contribution in [0.15, 0.2) is 48.5 Å². The maximum Gasteiger partial charge on any atom is 0.351 e. The predicted molar refractivity (Wildman–Crippen MR) is 108 cm³/mol. The number of nitrogen functional groups attached to an aromatic ring is 1. The molecule has 0 fully saturated rings. The Morgan fingerprint density at radius 2 is 1.82 bits per heavy atom. The zero-order valence-electron chi connectivity index (χ0n) is 15.8. The van der Waals surface area contributed by atoms with Crippen molar-refractivity contribution in [3.63, 3.8) is 0 Å². The van der Waals surface area contributed by atoms with Crippen LogP contribution in [0.1, 0.15) is 35.8 Å².